The fourth-order valence-corrected chi connectivity index (χ4v) is 5.93. The summed E-state index contributed by atoms with van der Waals surface area (Å²) in [5.41, 5.74) is 5.26. The summed E-state index contributed by atoms with van der Waals surface area (Å²) in [5.74, 6) is 1.99. The number of H-pyrrole nitrogens is 1. The second-order valence-electron chi connectivity index (χ2n) is 7.76. The zero-order valence-corrected chi connectivity index (χ0v) is 14.2. The Morgan fingerprint density at radius 1 is 1.44 bits per heavy atom. The lowest BCUT2D eigenvalue weighted by atomic mass is 9.64. The van der Waals surface area contributed by atoms with Gasteiger partial charge in [0.15, 0.2) is 0 Å². The van der Waals surface area contributed by atoms with Crippen molar-refractivity contribution in [1.29, 1.82) is 0 Å². The highest BCUT2D eigenvalue weighted by molar-refractivity contribution is 5.87. The average molecular weight is 338 g/mol. The molecular formula is C20H22N2O3. The van der Waals surface area contributed by atoms with Gasteiger partial charge in [-0.3, -0.25) is 4.90 Å². The van der Waals surface area contributed by atoms with Crippen molar-refractivity contribution >= 4 is 10.9 Å². The van der Waals surface area contributed by atoms with Crippen LogP contribution in [-0.4, -0.2) is 47.9 Å². The third-order valence-electron chi connectivity index (χ3n) is 6.88. The van der Waals surface area contributed by atoms with Crippen molar-refractivity contribution in [3.05, 3.63) is 41.1 Å². The summed E-state index contributed by atoms with van der Waals surface area (Å²) in [4.78, 5) is 6.31. The number of rotatable bonds is 2. The Labute approximate surface area is 146 Å². The van der Waals surface area contributed by atoms with E-state index in [-0.39, 0.29) is 12.7 Å². The fraction of sp³-hybridized carbons (Fsp3) is 0.500. The van der Waals surface area contributed by atoms with Crippen molar-refractivity contribution in [2.45, 2.75) is 24.6 Å². The standard InChI is InChI=1S/C20H22N2O3/c1-24-11-2-3-12-15(6-11)21-18-16-7-13-10(4-5-23)8-22(16)19-14(13)9-25-20(19)17(12)18/h2-4,6,13-14,16,19-21,23H,5,7-9H2,1H3/t13-,14-,16-,19+,20+/m0/s1. The molecule has 0 aliphatic carbocycles. The van der Waals surface area contributed by atoms with Crippen molar-refractivity contribution in [3.63, 3.8) is 0 Å². The van der Waals surface area contributed by atoms with E-state index in [4.69, 9.17) is 9.47 Å². The van der Waals surface area contributed by atoms with Crippen LogP contribution in [0.2, 0.25) is 0 Å². The van der Waals surface area contributed by atoms with E-state index in [0.717, 1.165) is 30.8 Å². The normalized spacial score (nSPS) is 39.2. The first-order valence-corrected chi connectivity index (χ1v) is 9.16. The third kappa shape index (κ3) is 1.69. The number of benzene rings is 1. The van der Waals surface area contributed by atoms with E-state index in [9.17, 15) is 5.11 Å². The number of nitrogens with zero attached hydrogens (tertiary/aromatic N) is 1. The van der Waals surface area contributed by atoms with Gasteiger partial charge in [0.1, 0.15) is 11.9 Å². The smallest absolute Gasteiger partial charge is 0.120 e. The Hall–Kier alpha value is -1.82. The highest BCUT2D eigenvalue weighted by Crippen LogP contribution is 2.60. The molecule has 0 amide bonds. The molecule has 0 spiro atoms. The van der Waals surface area contributed by atoms with Crippen molar-refractivity contribution in [2.75, 3.05) is 26.9 Å². The quantitative estimate of drug-likeness (QED) is 0.826. The van der Waals surface area contributed by atoms with E-state index in [1.54, 1.807) is 7.11 Å². The Balaban J connectivity index is 1.55. The molecule has 130 valence electrons. The molecule has 2 aromatic rings. The molecule has 1 unspecified atom stereocenters. The van der Waals surface area contributed by atoms with Gasteiger partial charge in [-0.1, -0.05) is 11.6 Å². The molecule has 6 atom stereocenters. The minimum atomic E-state index is 0.142. The molecule has 6 heterocycles. The molecule has 25 heavy (non-hydrogen) atoms. The van der Waals surface area contributed by atoms with E-state index in [1.165, 1.54) is 22.2 Å². The predicted molar refractivity (Wildman–Crippen MR) is 93.5 cm³/mol. The van der Waals surface area contributed by atoms with Crippen LogP contribution in [0.3, 0.4) is 0 Å². The summed E-state index contributed by atoms with van der Waals surface area (Å²) in [6.07, 6.45) is 3.31. The van der Waals surface area contributed by atoms with Gasteiger partial charge in [-0.15, -0.1) is 0 Å². The maximum atomic E-state index is 9.38. The van der Waals surface area contributed by atoms with Crippen LogP contribution in [-0.2, 0) is 4.74 Å². The van der Waals surface area contributed by atoms with Gasteiger partial charge in [-0.05, 0) is 24.5 Å². The second-order valence-corrected chi connectivity index (χ2v) is 7.76. The zero-order chi connectivity index (χ0) is 16.7. The first kappa shape index (κ1) is 14.4. The van der Waals surface area contributed by atoms with Gasteiger partial charge in [-0.2, -0.15) is 0 Å². The molecule has 1 aromatic heterocycles. The number of aliphatic hydroxyl groups is 1. The van der Waals surface area contributed by atoms with Gasteiger partial charge in [0.2, 0.25) is 0 Å². The first-order valence-electron chi connectivity index (χ1n) is 9.16. The minimum Gasteiger partial charge on any atom is -0.497 e. The van der Waals surface area contributed by atoms with Gasteiger partial charge in [-0.25, -0.2) is 0 Å². The molecule has 0 radical (unpaired) electrons. The third-order valence-corrected chi connectivity index (χ3v) is 6.88. The summed E-state index contributed by atoms with van der Waals surface area (Å²) >= 11 is 0. The van der Waals surface area contributed by atoms with Gasteiger partial charge >= 0.3 is 0 Å². The van der Waals surface area contributed by atoms with Crippen molar-refractivity contribution in [3.8, 4) is 5.75 Å². The van der Waals surface area contributed by atoms with E-state index in [0.29, 0.717) is 23.9 Å². The monoisotopic (exact) mass is 338 g/mol. The maximum Gasteiger partial charge on any atom is 0.120 e. The zero-order valence-electron chi connectivity index (χ0n) is 14.2. The van der Waals surface area contributed by atoms with Crippen LogP contribution in [0, 0.1) is 11.8 Å². The molecule has 7 rings (SSSR count). The number of fused-ring (bicyclic) bond motifs is 5. The van der Waals surface area contributed by atoms with Crippen molar-refractivity contribution in [1.82, 2.24) is 9.88 Å². The number of methoxy groups -OCH3 is 1. The predicted octanol–water partition coefficient (Wildman–Crippen LogP) is 2.54. The number of hydrogen-bond donors (Lipinski definition) is 2. The van der Waals surface area contributed by atoms with Crippen LogP contribution in [0.1, 0.15) is 29.8 Å². The molecule has 1 aromatic carbocycles. The van der Waals surface area contributed by atoms with Crippen LogP contribution in [0.4, 0.5) is 0 Å². The Morgan fingerprint density at radius 3 is 3.20 bits per heavy atom. The summed E-state index contributed by atoms with van der Waals surface area (Å²) in [6.45, 7) is 1.94. The summed E-state index contributed by atoms with van der Waals surface area (Å²) < 4.78 is 11.8. The first-order chi connectivity index (χ1) is 12.3. The van der Waals surface area contributed by atoms with Crippen molar-refractivity contribution in [2.24, 2.45) is 11.8 Å². The van der Waals surface area contributed by atoms with Crippen LogP contribution >= 0.6 is 0 Å². The van der Waals surface area contributed by atoms with Gasteiger partial charge < -0.3 is 19.6 Å². The topological polar surface area (TPSA) is 57.7 Å². The van der Waals surface area contributed by atoms with E-state index < -0.39 is 0 Å². The number of aromatic amines is 1. The highest BCUT2D eigenvalue weighted by atomic mass is 16.5. The molecule has 5 heteroatoms. The van der Waals surface area contributed by atoms with Crippen LogP contribution in [0.15, 0.2) is 29.8 Å². The average Bonchev–Trinajstić information content (AvgIpc) is 3.24. The number of aliphatic hydroxyl groups excluding tert-OH is 1. The molecular weight excluding hydrogens is 316 g/mol. The number of ether oxygens (including phenoxy) is 2. The van der Waals surface area contributed by atoms with Crippen molar-refractivity contribution < 1.29 is 14.6 Å². The molecule has 4 saturated heterocycles. The Bertz CT molecular complexity index is 902. The molecule has 4 bridgehead atoms. The number of piperidine rings is 3. The van der Waals surface area contributed by atoms with Gasteiger partial charge in [0, 0.05) is 46.7 Å². The van der Waals surface area contributed by atoms with E-state index >= 15 is 0 Å². The summed E-state index contributed by atoms with van der Waals surface area (Å²) in [7, 11) is 1.71. The van der Waals surface area contributed by atoms with Crippen LogP contribution < -0.4 is 4.74 Å². The van der Waals surface area contributed by atoms with Gasteiger partial charge in [0.25, 0.3) is 0 Å². The van der Waals surface area contributed by atoms with E-state index in [1.807, 2.05) is 12.1 Å². The SMILES string of the molecule is COc1ccc2c3c([nH]c2c1)[C@@H]1C[C@H]2C(=CCO)CN1[C@@H]1[C@H]2CO[C@H]31. The summed E-state index contributed by atoms with van der Waals surface area (Å²) in [5, 5.41) is 10.7. The lowest BCUT2D eigenvalue weighted by molar-refractivity contribution is -0.0335. The molecule has 2 N–H and O–H groups in total. The lowest BCUT2D eigenvalue weighted by Gasteiger charge is -2.57. The van der Waals surface area contributed by atoms with Crippen LogP contribution in [0.25, 0.3) is 10.9 Å². The summed E-state index contributed by atoms with van der Waals surface area (Å²) in [6, 6.07) is 7.23. The number of nitrogens with one attached hydrogen (secondary N) is 1. The molecule has 0 saturated carbocycles. The van der Waals surface area contributed by atoms with Gasteiger partial charge in [0.05, 0.1) is 26.4 Å². The highest BCUT2D eigenvalue weighted by Gasteiger charge is 2.59. The Morgan fingerprint density at radius 2 is 2.36 bits per heavy atom. The fourth-order valence-electron chi connectivity index (χ4n) is 5.93. The molecule has 5 aliphatic heterocycles. The second kappa shape index (κ2) is 4.87. The Kier molecular flexibility index (Phi) is 2.80. The number of hydrogen-bond acceptors (Lipinski definition) is 4. The molecule has 4 fully saturated rings. The van der Waals surface area contributed by atoms with E-state index in [2.05, 4.69) is 22.0 Å². The lowest BCUT2D eigenvalue weighted by Crippen LogP contribution is -2.59. The molecule has 5 aliphatic rings. The molecule has 5 nitrogen and oxygen atoms in total. The van der Waals surface area contributed by atoms with Crippen LogP contribution in [0.5, 0.6) is 5.75 Å². The maximum absolute atomic E-state index is 9.38. The minimum absolute atomic E-state index is 0.142. The largest absolute Gasteiger partial charge is 0.497 e. The number of aromatic nitrogens is 1.